The number of nitrogens with zero attached hydrogens (tertiary/aromatic N) is 2. The van der Waals surface area contributed by atoms with Gasteiger partial charge in [0.25, 0.3) is 0 Å². The molecule has 2 rings (SSSR count). The number of aryl methyl sites for hydroxylation is 2. The molecular formula is C20H29N4S+. The normalized spacial score (nSPS) is 12.1. The van der Waals surface area contributed by atoms with Crippen molar-refractivity contribution in [3.63, 3.8) is 0 Å². The Morgan fingerprint density at radius 3 is 2.48 bits per heavy atom. The summed E-state index contributed by atoms with van der Waals surface area (Å²) >= 11 is 5.76. The molecule has 2 N–H and O–H groups in total. The summed E-state index contributed by atoms with van der Waals surface area (Å²) in [6.45, 7) is 8.28. The Labute approximate surface area is 156 Å². The van der Waals surface area contributed by atoms with Crippen molar-refractivity contribution in [3.8, 4) is 0 Å². The van der Waals surface area contributed by atoms with Gasteiger partial charge in [0, 0.05) is 18.1 Å². The van der Waals surface area contributed by atoms with E-state index in [9.17, 15) is 0 Å². The zero-order valence-electron chi connectivity index (χ0n) is 15.8. The third-order valence-corrected chi connectivity index (χ3v) is 4.56. The summed E-state index contributed by atoms with van der Waals surface area (Å²) in [5.74, 6) is 0. The Bertz CT molecular complexity index is 680. The smallest absolute Gasteiger partial charge is 0.174 e. The molecule has 0 aliphatic heterocycles. The van der Waals surface area contributed by atoms with E-state index in [-0.39, 0.29) is 6.04 Å². The molecule has 0 saturated carbocycles. The van der Waals surface area contributed by atoms with Gasteiger partial charge in [-0.2, -0.15) is 0 Å². The van der Waals surface area contributed by atoms with E-state index in [4.69, 9.17) is 12.2 Å². The summed E-state index contributed by atoms with van der Waals surface area (Å²) < 4.78 is 0. The van der Waals surface area contributed by atoms with Crippen LogP contribution >= 0.6 is 12.2 Å². The summed E-state index contributed by atoms with van der Waals surface area (Å²) in [5, 5.41) is 4.18. The van der Waals surface area contributed by atoms with Gasteiger partial charge in [0.1, 0.15) is 0 Å². The fourth-order valence-electron chi connectivity index (χ4n) is 2.86. The fourth-order valence-corrected chi connectivity index (χ4v) is 3.23. The van der Waals surface area contributed by atoms with Crippen LogP contribution in [0.4, 0.5) is 5.69 Å². The molecule has 0 aliphatic carbocycles. The lowest BCUT2D eigenvalue weighted by Crippen LogP contribution is -3.06. The Hall–Kier alpha value is -1.98. The van der Waals surface area contributed by atoms with Gasteiger partial charge in [-0.25, -0.2) is 0 Å². The monoisotopic (exact) mass is 357 g/mol. The van der Waals surface area contributed by atoms with Crippen LogP contribution in [0.1, 0.15) is 29.7 Å². The van der Waals surface area contributed by atoms with Gasteiger partial charge in [-0.3, -0.25) is 4.98 Å². The number of thiocarbonyl (C=S) groups is 1. The van der Waals surface area contributed by atoms with E-state index in [2.05, 4.69) is 74.3 Å². The molecule has 1 aromatic heterocycles. The first kappa shape index (κ1) is 19.3. The van der Waals surface area contributed by atoms with Crippen LogP contribution in [0, 0.1) is 13.8 Å². The summed E-state index contributed by atoms with van der Waals surface area (Å²) in [6.07, 6.45) is 3.72. The molecule has 1 heterocycles. The van der Waals surface area contributed by atoms with Crippen molar-refractivity contribution >= 4 is 23.0 Å². The number of hydrogen-bond donors (Lipinski definition) is 2. The van der Waals surface area contributed by atoms with Crippen LogP contribution in [0.25, 0.3) is 0 Å². The minimum absolute atomic E-state index is 0.166. The molecule has 134 valence electrons. The molecule has 0 fully saturated rings. The van der Waals surface area contributed by atoms with Crippen LogP contribution in [0.5, 0.6) is 0 Å². The van der Waals surface area contributed by atoms with E-state index >= 15 is 0 Å². The number of hydrogen-bond acceptors (Lipinski definition) is 2. The van der Waals surface area contributed by atoms with E-state index in [0.717, 1.165) is 23.9 Å². The van der Waals surface area contributed by atoms with Crippen LogP contribution in [-0.2, 0) is 0 Å². The predicted octanol–water partition coefficient (Wildman–Crippen LogP) is 2.60. The Kier molecular flexibility index (Phi) is 6.91. The summed E-state index contributed by atoms with van der Waals surface area (Å²) in [7, 11) is 4.32. The van der Waals surface area contributed by atoms with Crippen molar-refractivity contribution < 1.29 is 4.90 Å². The number of nitrogens with one attached hydrogen (secondary N) is 2. The molecule has 1 unspecified atom stereocenters. The maximum Gasteiger partial charge on any atom is 0.174 e. The Balaban J connectivity index is 2.19. The van der Waals surface area contributed by atoms with Crippen LogP contribution in [0.15, 0.2) is 42.7 Å². The number of rotatable bonds is 6. The highest BCUT2D eigenvalue weighted by atomic mass is 32.1. The third kappa shape index (κ3) is 5.80. The van der Waals surface area contributed by atoms with Crippen LogP contribution < -0.4 is 10.2 Å². The highest BCUT2D eigenvalue weighted by molar-refractivity contribution is 7.80. The van der Waals surface area contributed by atoms with Crippen LogP contribution in [0.3, 0.4) is 0 Å². The second-order valence-electron chi connectivity index (χ2n) is 6.92. The van der Waals surface area contributed by atoms with Gasteiger partial charge in [-0.05, 0) is 67.9 Å². The lowest BCUT2D eigenvalue weighted by Gasteiger charge is -2.32. The molecule has 1 aromatic carbocycles. The lowest BCUT2D eigenvalue weighted by molar-refractivity contribution is -0.857. The molecule has 1 atom stereocenters. The first-order valence-electron chi connectivity index (χ1n) is 8.71. The molecule has 0 aliphatic rings. The summed E-state index contributed by atoms with van der Waals surface area (Å²) in [4.78, 5) is 7.90. The largest absolute Gasteiger partial charge is 0.338 e. The number of aromatic nitrogens is 1. The minimum Gasteiger partial charge on any atom is -0.338 e. The molecule has 0 amide bonds. The molecule has 0 spiro atoms. The van der Waals surface area contributed by atoms with Gasteiger partial charge in [0.2, 0.25) is 0 Å². The fraction of sp³-hybridized carbons (Fsp3) is 0.400. The maximum absolute atomic E-state index is 5.76. The third-order valence-electron chi connectivity index (χ3n) is 4.22. The second-order valence-corrected chi connectivity index (χ2v) is 7.31. The molecule has 2 aromatic rings. The molecule has 0 saturated heterocycles. The molecule has 0 radical (unpaired) electrons. The molecule has 5 heteroatoms. The maximum atomic E-state index is 5.76. The van der Waals surface area contributed by atoms with Crippen LogP contribution in [0.2, 0.25) is 0 Å². The quantitative estimate of drug-likeness (QED) is 0.779. The first-order chi connectivity index (χ1) is 11.9. The molecule has 0 bridgehead atoms. The Morgan fingerprint density at radius 2 is 1.92 bits per heavy atom. The standard InChI is InChI=1S/C20H28N4S/c1-15-11-16(2)13-19(12-15)22-20(25)24(10-9-23(4)5)17(3)18-7-6-8-21-14-18/h6-8,11-14,17H,9-10H2,1-5H3,(H,22,25)/p+1. The molecule has 4 nitrogen and oxygen atoms in total. The Morgan fingerprint density at radius 1 is 1.24 bits per heavy atom. The van der Waals surface area contributed by atoms with Crippen molar-refractivity contribution in [2.24, 2.45) is 0 Å². The van der Waals surface area contributed by atoms with Crippen LogP contribution in [-0.4, -0.2) is 42.2 Å². The van der Waals surface area contributed by atoms with Gasteiger partial charge >= 0.3 is 0 Å². The highest BCUT2D eigenvalue weighted by Gasteiger charge is 2.20. The number of quaternary nitrogens is 1. The lowest BCUT2D eigenvalue weighted by atomic mass is 10.1. The van der Waals surface area contributed by atoms with E-state index in [1.165, 1.54) is 21.6 Å². The second kappa shape index (κ2) is 8.92. The van der Waals surface area contributed by atoms with Crippen molar-refractivity contribution in [2.45, 2.75) is 26.8 Å². The average Bonchev–Trinajstić information content (AvgIpc) is 2.54. The molecular weight excluding hydrogens is 328 g/mol. The highest BCUT2D eigenvalue weighted by Crippen LogP contribution is 2.21. The van der Waals surface area contributed by atoms with Gasteiger partial charge in [0.05, 0.1) is 33.2 Å². The van der Waals surface area contributed by atoms with Gasteiger partial charge < -0.3 is 15.1 Å². The zero-order valence-corrected chi connectivity index (χ0v) is 16.7. The average molecular weight is 358 g/mol. The van der Waals surface area contributed by atoms with Gasteiger partial charge in [-0.15, -0.1) is 0 Å². The van der Waals surface area contributed by atoms with E-state index in [1.54, 1.807) is 6.20 Å². The predicted molar refractivity (Wildman–Crippen MR) is 109 cm³/mol. The SMILES string of the molecule is Cc1cc(C)cc(NC(=S)N(CC[NH+](C)C)C(C)c2cccnc2)c1. The number of anilines is 1. The first-order valence-corrected chi connectivity index (χ1v) is 9.12. The summed E-state index contributed by atoms with van der Waals surface area (Å²) in [5.41, 5.74) is 4.67. The minimum atomic E-state index is 0.166. The van der Waals surface area contributed by atoms with Crippen molar-refractivity contribution in [1.29, 1.82) is 0 Å². The number of pyridine rings is 1. The van der Waals surface area contributed by atoms with E-state index < -0.39 is 0 Å². The van der Waals surface area contributed by atoms with E-state index in [0.29, 0.717) is 0 Å². The van der Waals surface area contributed by atoms with Gasteiger partial charge in [0.15, 0.2) is 5.11 Å². The number of benzene rings is 1. The topological polar surface area (TPSA) is 32.6 Å². The van der Waals surface area contributed by atoms with E-state index in [1.807, 2.05) is 12.3 Å². The van der Waals surface area contributed by atoms with Crippen molar-refractivity contribution in [2.75, 3.05) is 32.5 Å². The summed E-state index contributed by atoms with van der Waals surface area (Å²) in [6, 6.07) is 10.7. The zero-order chi connectivity index (χ0) is 18.4. The van der Waals surface area contributed by atoms with Crippen molar-refractivity contribution in [1.82, 2.24) is 9.88 Å². The van der Waals surface area contributed by atoms with Gasteiger partial charge in [-0.1, -0.05) is 12.1 Å². The van der Waals surface area contributed by atoms with Crippen molar-refractivity contribution in [3.05, 3.63) is 59.4 Å². The molecule has 25 heavy (non-hydrogen) atoms. The number of likely N-dealkylation sites (N-methyl/N-ethyl adjacent to an activating group) is 1.